The number of hydrogen-bond acceptors (Lipinski definition) is 6. The van der Waals surface area contributed by atoms with Crippen LogP contribution in [0.25, 0.3) is 10.4 Å². The van der Waals surface area contributed by atoms with Crippen molar-refractivity contribution in [1.82, 2.24) is 15.3 Å². The molecular weight excluding hydrogens is 382 g/mol. The van der Waals surface area contributed by atoms with Gasteiger partial charge in [0.1, 0.15) is 5.82 Å². The largest absolute Gasteiger partial charge is 0.356 e. The Labute approximate surface area is 175 Å². The zero-order valence-electron chi connectivity index (χ0n) is 16.5. The molecule has 7 heteroatoms. The molecule has 1 aliphatic rings. The lowest BCUT2D eigenvalue weighted by Gasteiger charge is -2.17. The van der Waals surface area contributed by atoms with E-state index in [0.29, 0.717) is 24.6 Å². The maximum atomic E-state index is 12.4. The number of aryl methyl sites for hydroxylation is 1. The van der Waals surface area contributed by atoms with Crippen LogP contribution in [0.1, 0.15) is 28.9 Å². The van der Waals surface area contributed by atoms with Crippen LogP contribution in [-0.4, -0.2) is 42.1 Å². The van der Waals surface area contributed by atoms with Gasteiger partial charge >= 0.3 is 0 Å². The van der Waals surface area contributed by atoms with E-state index >= 15 is 0 Å². The Morgan fingerprint density at radius 3 is 2.62 bits per heavy atom. The van der Waals surface area contributed by atoms with Crippen LogP contribution in [0.2, 0.25) is 0 Å². The highest BCUT2D eigenvalue weighted by Crippen LogP contribution is 2.24. The van der Waals surface area contributed by atoms with Crippen molar-refractivity contribution in [3.8, 4) is 10.4 Å². The summed E-state index contributed by atoms with van der Waals surface area (Å²) in [5, 5.41) is 8.22. The number of nitrogens with zero attached hydrogens (tertiary/aromatic N) is 3. The summed E-state index contributed by atoms with van der Waals surface area (Å²) < 4.78 is 0. The monoisotopic (exact) mass is 407 g/mol. The molecule has 0 radical (unpaired) electrons. The van der Waals surface area contributed by atoms with Crippen LogP contribution in [0.4, 0.5) is 11.8 Å². The molecule has 3 heterocycles. The minimum Gasteiger partial charge on any atom is -0.356 e. The minimum absolute atomic E-state index is 0.0764. The van der Waals surface area contributed by atoms with Crippen molar-refractivity contribution < 1.29 is 4.79 Å². The van der Waals surface area contributed by atoms with Crippen molar-refractivity contribution in [2.75, 3.05) is 36.4 Å². The van der Waals surface area contributed by atoms with E-state index in [1.807, 2.05) is 43.3 Å². The first kappa shape index (κ1) is 19.4. The van der Waals surface area contributed by atoms with E-state index in [4.69, 9.17) is 0 Å². The first-order valence-corrected chi connectivity index (χ1v) is 10.8. The van der Waals surface area contributed by atoms with Gasteiger partial charge in [-0.15, -0.1) is 11.3 Å². The second kappa shape index (κ2) is 9.05. The second-order valence-electron chi connectivity index (χ2n) is 7.12. The van der Waals surface area contributed by atoms with Gasteiger partial charge in [-0.3, -0.25) is 4.79 Å². The Morgan fingerprint density at radius 2 is 1.90 bits per heavy atom. The molecule has 0 bridgehead atoms. The molecular formula is C22H25N5OS. The number of thiophene rings is 1. The quantitative estimate of drug-likeness (QED) is 0.580. The smallest absolute Gasteiger partial charge is 0.251 e. The summed E-state index contributed by atoms with van der Waals surface area (Å²) in [7, 11) is 0. The lowest BCUT2D eigenvalue weighted by atomic mass is 10.1. The van der Waals surface area contributed by atoms with Gasteiger partial charge in [0.15, 0.2) is 0 Å². The number of anilines is 2. The van der Waals surface area contributed by atoms with Crippen molar-refractivity contribution in [1.29, 1.82) is 0 Å². The van der Waals surface area contributed by atoms with Crippen molar-refractivity contribution in [3.63, 3.8) is 0 Å². The van der Waals surface area contributed by atoms with E-state index in [1.165, 1.54) is 17.7 Å². The van der Waals surface area contributed by atoms with E-state index in [-0.39, 0.29) is 5.91 Å². The molecule has 2 N–H and O–H groups in total. The molecule has 1 fully saturated rings. The molecule has 150 valence electrons. The molecule has 6 nitrogen and oxygen atoms in total. The van der Waals surface area contributed by atoms with Crippen LogP contribution in [-0.2, 0) is 0 Å². The van der Waals surface area contributed by atoms with Crippen molar-refractivity contribution in [2.45, 2.75) is 19.8 Å². The normalized spacial score (nSPS) is 13.5. The van der Waals surface area contributed by atoms with Gasteiger partial charge in [-0.25, -0.2) is 4.98 Å². The highest BCUT2D eigenvalue weighted by Gasteiger charge is 2.15. The Bertz CT molecular complexity index is 950. The van der Waals surface area contributed by atoms with E-state index in [9.17, 15) is 4.79 Å². The highest BCUT2D eigenvalue weighted by atomic mass is 32.1. The number of rotatable bonds is 7. The lowest BCUT2D eigenvalue weighted by Crippen LogP contribution is -2.29. The number of carbonyl (C=O) groups is 1. The molecule has 1 saturated heterocycles. The Hall–Kier alpha value is -2.93. The van der Waals surface area contributed by atoms with Crippen LogP contribution < -0.4 is 15.5 Å². The lowest BCUT2D eigenvalue weighted by molar-refractivity contribution is 0.0955. The number of amides is 1. The van der Waals surface area contributed by atoms with E-state index in [1.54, 1.807) is 11.3 Å². The third-order valence-corrected chi connectivity index (χ3v) is 5.84. The highest BCUT2D eigenvalue weighted by molar-refractivity contribution is 7.13. The van der Waals surface area contributed by atoms with E-state index in [0.717, 1.165) is 30.2 Å². The average Bonchev–Trinajstić information content (AvgIpc) is 3.45. The molecule has 0 saturated carbocycles. The maximum Gasteiger partial charge on any atom is 0.251 e. The number of hydrogen-bond donors (Lipinski definition) is 2. The summed E-state index contributed by atoms with van der Waals surface area (Å²) in [4.78, 5) is 24.9. The fourth-order valence-corrected chi connectivity index (χ4v) is 4.15. The van der Waals surface area contributed by atoms with Gasteiger partial charge in [0.2, 0.25) is 5.95 Å². The molecule has 29 heavy (non-hydrogen) atoms. The molecule has 0 aliphatic carbocycles. The van der Waals surface area contributed by atoms with Gasteiger partial charge in [0.25, 0.3) is 5.91 Å². The zero-order valence-corrected chi connectivity index (χ0v) is 17.3. The summed E-state index contributed by atoms with van der Waals surface area (Å²) in [5.74, 6) is 1.52. The van der Waals surface area contributed by atoms with Gasteiger partial charge in [-0.2, -0.15) is 4.98 Å². The molecule has 2 aromatic heterocycles. The molecule has 0 spiro atoms. The number of carbonyl (C=O) groups excluding carboxylic acids is 1. The van der Waals surface area contributed by atoms with Crippen LogP contribution in [0.15, 0.2) is 47.8 Å². The number of nitrogens with one attached hydrogen (secondary N) is 2. The topological polar surface area (TPSA) is 70.2 Å². The Kier molecular flexibility index (Phi) is 6.05. The summed E-state index contributed by atoms with van der Waals surface area (Å²) in [6.45, 7) is 5.16. The van der Waals surface area contributed by atoms with Crippen molar-refractivity contribution in [3.05, 3.63) is 59.1 Å². The number of benzene rings is 1. The molecule has 0 unspecified atom stereocenters. The average molecular weight is 408 g/mol. The first-order chi connectivity index (χ1) is 14.2. The Balaban J connectivity index is 1.27. The third kappa shape index (κ3) is 4.92. The standard InChI is InChI=1S/C22H25N5OS/c1-16-15-20(27-12-2-3-13-27)26-22(25-16)24-11-10-23-21(28)18-8-6-17(7-9-18)19-5-4-14-29-19/h4-9,14-15H,2-3,10-13H2,1H3,(H,23,28)(H,24,25,26). The predicted molar refractivity (Wildman–Crippen MR) is 119 cm³/mol. The predicted octanol–water partition coefficient (Wildman–Crippen LogP) is 3.96. The summed E-state index contributed by atoms with van der Waals surface area (Å²) in [6.07, 6.45) is 2.43. The van der Waals surface area contributed by atoms with Gasteiger partial charge in [-0.05, 0) is 48.9 Å². The van der Waals surface area contributed by atoms with Gasteiger partial charge in [0, 0.05) is 48.4 Å². The summed E-state index contributed by atoms with van der Waals surface area (Å²) in [5.41, 5.74) is 2.73. The number of aromatic nitrogens is 2. The van der Waals surface area contributed by atoms with Crippen molar-refractivity contribution >= 4 is 29.0 Å². The van der Waals surface area contributed by atoms with Gasteiger partial charge in [-0.1, -0.05) is 18.2 Å². The van der Waals surface area contributed by atoms with Crippen LogP contribution >= 0.6 is 11.3 Å². The Morgan fingerprint density at radius 1 is 1.10 bits per heavy atom. The first-order valence-electron chi connectivity index (χ1n) is 9.96. The maximum absolute atomic E-state index is 12.4. The summed E-state index contributed by atoms with van der Waals surface area (Å²) in [6, 6.07) is 13.8. The molecule has 1 amide bonds. The molecule has 4 rings (SSSR count). The molecule has 1 aliphatic heterocycles. The zero-order chi connectivity index (χ0) is 20.1. The van der Waals surface area contributed by atoms with Crippen LogP contribution in [0.3, 0.4) is 0 Å². The molecule has 3 aromatic rings. The van der Waals surface area contributed by atoms with E-state index < -0.39 is 0 Å². The van der Waals surface area contributed by atoms with Crippen molar-refractivity contribution in [2.24, 2.45) is 0 Å². The fraction of sp³-hybridized carbons (Fsp3) is 0.318. The van der Waals surface area contributed by atoms with Crippen LogP contribution in [0, 0.1) is 6.92 Å². The van der Waals surface area contributed by atoms with Gasteiger partial charge < -0.3 is 15.5 Å². The third-order valence-electron chi connectivity index (χ3n) is 4.92. The SMILES string of the molecule is Cc1cc(N2CCCC2)nc(NCCNC(=O)c2ccc(-c3cccs3)cc2)n1. The summed E-state index contributed by atoms with van der Waals surface area (Å²) >= 11 is 1.69. The minimum atomic E-state index is -0.0764. The van der Waals surface area contributed by atoms with E-state index in [2.05, 4.69) is 36.9 Å². The fourth-order valence-electron chi connectivity index (χ4n) is 3.42. The van der Waals surface area contributed by atoms with Gasteiger partial charge in [0.05, 0.1) is 0 Å². The molecule has 0 atom stereocenters. The molecule has 1 aromatic carbocycles. The second-order valence-corrected chi connectivity index (χ2v) is 8.07. The van der Waals surface area contributed by atoms with Crippen LogP contribution in [0.5, 0.6) is 0 Å².